The van der Waals surface area contributed by atoms with E-state index < -0.39 is 0 Å². The van der Waals surface area contributed by atoms with Crippen molar-refractivity contribution in [1.29, 1.82) is 0 Å². The number of hydrogen-bond acceptors (Lipinski definition) is 4. The van der Waals surface area contributed by atoms with E-state index in [1.807, 2.05) is 0 Å². The summed E-state index contributed by atoms with van der Waals surface area (Å²) < 4.78 is 0. The predicted molar refractivity (Wildman–Crippen MR) is 76.6 cm³/mol. The minimum absolute atomic E-state index is 0.600. The van der Waals surface area contributed by atoms with Crippen LogP contribution in [0.3, 0.4) is 0 Å². The van der Waals surface area contributed by atoms with Gasteiger partial charge in [0.2, 0.25) is 0 Å². The molecule has 0 aromatic carbocycles. The molecular formula is C13H18N2S2. The zero-order chi connectivity index (χ0) is 12.4. The molecule has 0 fully saturated rings. The molecule has 0 amide bonds. The zero-order valence-electron chi connectivity index (χ0n) is 10.5. The summed E-state index contributed by atoms with van der Waals surface area (Å²) in [5, 5.41) is 5.47. The van der Waals surface area contributed by atoms with E-state index in [2.05, 4.69) is 31.5 Å². The van der Waals surface area contributed by atoms with Gasteiger partial charge in [0.15, 0.2) is 0 Å². The number of rotatable bonds is 4. The van der Waals surface area contributed by atoms with Crippen molar-refractivity contribution in [3.63, 3.8) is 0 Å². The van der Waals surface area contributed by atoms with Crippen molar-refractivity contribution in [2.75, 3.05) is 0 Å². The summed E-state index contributed by atoms with van der Waals surface area (Å²) in [5.41, 5.74) is 9.57. The van der Waals surface area contributed by atoms with Crippen LogP contribution in [0.15, 0.2) is 10.8 Å². The molecule has 0 aliphatic heterocycles. The van der Waals surface area contributed by atoms with Gasteiger partial charge in [-0.2, -0.15) is 11.3 Å². The molecule has 0 saturated carbocycles. The van der Waals surface area contributed by atoms with Crippen LogP contribution in [-0.2, 0) is 13.0 Å². The Hall–Kier alpha value is -0.710. The second-order valence-corrected chi connectivity index (χ2v) is 6.49. The molecular weight excluding hydrogens is 248 g/mol. The lowest BCUT2D eigenvalue weighted by molar-refractivity contribution is 0.634. The van der Waals surface area contributed by atoms with Gasteiger partial charge in [-0.15, -0.1) is 11.3 Å². The van der Waals surface area contributed by atoms with E-state index in [9.17, 15) is 0 Å². The van der Waals surface area contributed by atoms with Crippen LogP contribution in [0.25, 0.3) is 10.6 Å². The molecule has 17 heavy (non-hydrogen) atoms. The largest absolute Gasteiger partial charge is 0.326 e. The fourth-order valence-electron chi connectivity index (χ4n) is 1.78. The van der Waals surface area contributed by atoms with Crippen molar-refractivity contribution < 1.29 is 0 Å². The number of nitrogens with two attached hydrogens (primary N) is 1. The molecule has 0 atom stereocenters. The standard InChI is InChI=1S/C13H18N2S2/c1-8(2)4-11-12(5-14)17-13(15-11)10-7-16-6-9(10)3/h6-8H,4-5,14H2,1-3H3. The quantitative estimate of drug-likeness (QED) is 0.913. The Morgan fingerprint density at radius 1 is 1.35 bits per heavy atom. The van der Waals surface area contributed by atoms with Crippen molar-refractivity contribution in [2.24, 2.45) is 11.7 Å². The average molecular weight is 266 g/mol. The summed E-state index contributed by atoms with van der Waals surface area (Å²) in [4.78, 5) is 6.01. The smallest absolute Gasteiger partial charge is 0.125 e. The fourth-order valence-corrected chi connectivity index (χ4v) is 3.74. The third kappa shape index (κ3) is 2.76. The van der Waals surface area contributed by atoms with Gasteiger partial charge in [0.25, 0.3) is 0 Å². The first kappa shape index (κ1) is 12.7. The first-order valence-electron chi connectivity index (χ1n) is 5.83. The SMILES string of the molecule is Cc1cscc1-c1nc(CC(C)C)c(CN)s1. The van der Waals surface area contributed by atoms with E-state index in [0.717, 1.165) is 11.4 Å². The summed E-state index contributed by atoms with van der Waals surface area (Å²) >= 11 is 3.48. The molecule has 0 unspecified atom stereocenters. The molecule has 2 rings (SSSR count). The van der Waals surface area contributed by atoms with Crippen LogP contribution in [0.5, 0.6) is 0 Å². The summed E-state index contributed by atoms with van der Waals surface area (Å²) in [6, 6.07) is 0. The molecule has 4 heteroatoms. The molecule has 2 aromatic rings. The van der Waals surface area contributed by atoms with Crippen molar-refractivity contribution >= 4 is 22.7 Å². The lowest BCUT2D eigenvalue weighted by Gasteiger charge is -2.02. The monoisotopic (exact) mass is 266 g/mol. The average Bonchev–Trinajstić information content (AvgIpc) is 2.83. The van der Waals surface area contributed by atoms with Crippen molar-refractivity contribution in [3.05, 3.63) is 26.9 Å². The Labute approximate surface area is 111 Å². The minimum atomic E-state index is 0.600. The lowest BCUT2D eigenvalue weighted by Crippen LogP contribution is -2.01. The second kappa shape index (κ2) is 5.29. The van der Waals surface area contributed by atoms with Gasteiger partial charge in [-0.1, -0.05) is 13.8 Å². The highest BCUT2D eigenvalue weighted by molar-refractivity contribution is 7.15. The van der Waals surface area contributed by atoms with Crippen molar-refractivity contribution in [3.8, 4) is 10.6 Å². The van der Waals surface area contributed by atoms with Gasteiger partial charge in [-0.25, -0.2) is 4.98 Å². The van der Waals surface area contributed by atoms with Crippen molar-refractivity contribution in [1.82, 2.24) is 4.98 Å². The normalized spacial score (nSPS) is 11.4. The Kier molecular flexibility index (Phi) is 3.97. The summed E-state index contributed by atoms with van der Waals surface area (Å²) in [6.45, 7) is 7.17. The molecule has 0 aliphatic carbocycles. The Morgan fingerprint density at radius 3 is 2.65 bits per heavy atom. The van der Waals surface area contributed by atoms with Crippen molar-refractivity contribution in [2.45, 2.75) is 33.7 Å². The molecule has 0 spiro atoms. The number of hydrogen-bond donors (Lipinski definition) is 1. The first-order valence-corrected chi connectivity index (χ1v) is 7.59. The van der Waals surface area contributed by atoms with Crippen LogP contribution in [-0.4, -0.2) is 4.98 Å². The molecule has 2 aromatic heterocycles. The molecule has 0 radical (unpaired) electrons. The molecule has 2 N–H and O–H groups in total. The molecule has 2 heterocycles. The Morgan fingerprint density at radius 2 is 2.12 bits per heavy atom. The maximum atomic E-state index is 5.80. The van der Waals surface area contributed by atoms with Crippen LogP contribution in [0.1, 0.15) is 30.0 Å². The van der Waals surface area contributed by atoms with Gasteiger partial charge in [-0.3, -0.25) is 0 Å². The van der Waals surface area contributed by atoms with E-state index >= 15 is 0 Å². The fraction of sp³-hybridized carbons (Fsp3) is 0.462. The Bertz CT molecular complexity index is 497. The van der Waals surface area contributed by atoms with Crippen LogP contribution < -0.4 is 5.73 Å². The number of thiophene rings is 1. The van der Waals surface area contributed by atoms with Crippen LogP contribution in [0.4, 0.5) is 0 Å². The second-order valence-electron chi connectivity index (χ2n) is 4.66. The Balaban J connectivity index is 2.37. The molecule has 92 valence electrons. The topological polar surface area (TPSA) is 38.9 Å². The highest BCUT2D eigenvalue weighted by Crippen LogP contribution is 2.33. The predicted octanol–water partition coefficient (Wildman–Crippen LogP) is 3.84. The highest BCUT2D eigenvalue weighted by Gasteiger charge is 2.14. The van der Waals surface area contributed by atoms with E-state index in [1.165, 1.54) is 21.7 Å². The van der Waals surface area contributed by atoms with Gasteiger partial charge in [0, 0.05) is 22.4 Å². The third-order valence-corrected chi connectivity index (χ3v) is 4.67. The van der Waals surface area contributed by atoms with Crippen LogP contribution >= 0.6 is 22.7 Å². The summed E-state index contributed by atoms with van der Waals surface area (Å²) in [6.07, 6.45) is 1.02. The van der Waals surface area contributed by atoms with Crippen LogP contribution in [0, 0.1) is 12.8 Å². The molecule has 0 bridgehead atoms. The van der Waals surface area contributed by atoms with Gasteiger partial charge >= 0.3 is 0 Å². The highest BCUT2D eigenvalue weighted by atomic mass is 32.1. The first-order chi connectivity index (χ1) is 8.11. The maximum Gasteiger partial charge on any atom is 0.125 e. The zero-order valence-corrected chi connectivity index (χ0v) is 12.1. The lowest BCUT2D eigenvalue weighted by atomic mass is 10.1. The third-order valence-electron chi connectivity index (χ3n) is 2.65. The van der Waals surface area contributed by atoms with Gasteiger partial charge < -0.3 is 5.73 Å². The van der Waals surface area contributed by atoms with E-state index in [4.69, 9.17) is 10.7 Å². The van der Waals surface area contributed by atoms with E-state index in [0.29, 0.717) is 12.5 Å². The summed E-state index contributed by atoms with van der Waals surface area (Å²) in [5.74, 6) is 0.624. The maximum absolute atomic E-state index is 5.80. The summed E-state index contributed by atoms with van der Waals surface area (Å²) in [7, 11) is 0. The number of aromatic nitrogens is 1. The van der Waals surface area contributed by atoms with E-state index in [1.54, 1.807) is 22.7 Å². The molecule has 2 nitrogen and oxygen atoms in total. The number of thiazole rings is 1. The molecule has 0 aliphatic rings. The molecule has 0 saturated heterocycles. The number of nitrogens with zero attached hydrogens (tertiary/aromatic N) is 1. The van der Waals surface area contributed by atoms with Crippen LogP contribution in [0.2, 0.25) is 0 Å². The van der Waals surface area contributed by atoms with Gasteiger partial charge in [-0.05, 0) is 30.2 Å². The van der Waals surface area contributed by atoms with E-state index in [-0.39, 0.29) is 0 Å². The van der Waals surface area contributed by atoms with Gasteiger partial charge in [0.05, 0.1) is 5.69 Å². The van der Waals surface area contributed by atoms with Gasteiger partial charge in [0.1, 0.15) is 5.01 Å². The number of aryl methyl sites for hydroxylation is 1. The minimum Gasteiger partial charge on any atom is -0.326 e.